The van der Waals surface area contributed by atoms with Crippen LogP contribution in [0.1, 0.15) is 11.1 Å². The van der Waals surface area contributed by atoms with Crippen LogP contribution in [0.25, 0.3) is 11.1 Å². The molecule has 0 atom stereocenters. The monoisotopic (exact) mass is 293 g/mol. The largest absolute Gasteiger partial charge is 0.326 e. The predicted octanol–water partition coefficient (Wildman–Crippen LogP) is 4.02. The van der Waals surface area contributed by atoms with E-state index in [1.165, 1.54) is 0 Å². The van der Waals surface area contributed by atoms with E-state index in [2.05, 4.69) is 15.9 Å². The SMILES string of the molecule is Cc1c(CN)cccc1-c1cccc(Br)c1F. The Morgan fingerprint density at radius 2 is 1.76 bits per heavy atom. The van der Waals surface area contributed by atoms with Gasteiger partial charge in [0.2, 0.25) is 0 Å². The van der Waals surface area contributed by atoms with Gasteiger partial charge < -0.3 is 5.73 Å². The molecule has 0 bridgehead atoms. The molecule has 2 rings (SSSR count). The van der Waals surface area contributed by atoms with Crippen LogP contribution >= 0.6 is 15.9 Å². The molecule has 0 aromatic heterocycles. The number of nitrogens with two attached hydrogens (primary N) is 1. The van der Waals surface area contributed by atoms with Gasteiger partial charge in [-0.2, -0.15) is 0 Å². The zero-order valence-corrected chi connectivity index (χ0v) is 11.1. The van der Waals surface area contributed by atoms with Crippen molar-refractivity contribution in [2.24, 2.45) is 5.73 Å². The third kappa shape index (κ3) is 2.26. The summed E-state index contributed by atoms with van der Waals surface area (Å²) < 4.78 is 14.5. The highest BCUT2D eigenvalue weighted by atomic mass is 79.9. The van der Waals surface area contributed by atoms with E-state index in [0.717, 1.165) is 16.7 Å². The molecular formula is C14H13BrFN. The van der Waals surface area contributed by atoms with E-state index in [9.17, 15) is 4.39 Å². The average Bonchev–Trinajstić information content (AvgIpc) is 2.33. The van der Waals surface area contributed by atoms with Crippen molar-refractivity contribution < 1.29 is 4.39 Å². The van der Waals surface area contributed by atoms with Crippen LogP contribution in [0.4, 0.5) is 4.39 Å². The fourth-order valence-electron chi connectivity index (χ4n) is 1.91. The van der Waals surface area contributed by atoms with Gasteiger partial charge in [0.05, 0.1) is 4.47 Å². The van der Waals surface area contributed by atoms with Crippen molar-refractivity contribution in [3.05, 3.63) is 57.8 Å². The second-order valence-corrected chi connectivity index (χ2v) is 4.75. The zero-order valence-electron chi connectivity index (χ0n) is 9.50. The Labute approximate surface area is 109 Å². The van der Waals surface area contributed by atoms with Crippen LogP contribution in [-0.2, 0) is 6.54 Å². The highest BCUT2D eigenvalue weighted by molar-refractivity contribution is 9.10. The smallest absolute Gasteiger partial charge is 0.145 e. The second kappa shape index (κ2) is 4.98. The van der Waals surface area contributed by atoms with Gasteiger partial charge in [-0.3, -0.25) is 0 Å². The number of hydrogen-bond donors (Lipinski definition) is 1. The number of rotatable bonds is 2. The average molecular weight is 294 g/mol. The van der Waals surface area contributed by atoms with Crippen LogP contribution in [0.2, 0.25) is 0 Å². The van der Waals surface area contributed by atoms with Crippen LogP contribution in [0.15, 0.2) is 40.9 Å². The van der Waals surface area contributed by atoms with Crippen LogP contribution in [0.5, 0.6) is 0 Å². The maximum atomic E-state index is 14.0. The molecule has 0 aliphatic heterocycles. The lowest BCUT2D eigenvalue weighted by molar-refractivity contribution is 0.624. The molecule has 1 nitrogen and oxygen atoms in total. The van der Waals surface area contributed by atoms with Gasteiger partial charge in [-0.25, -0.2) is 4.39 Å². The Hall–Kier alpha value is -1.19. The highest BCUT2D eigenvalue weighted by Crippen LogP contribution is 2.31. The third-order valence-corrected chi connectivity index (χ3v) is 3.52. The molecule has 0 aliphatic rings. The summed E-state index contributed by atoms with van der Waals surface area (Å²) in [7, 11) is 0. The Morgan fingerprint density at radius 1 is 1.12 bits per heavy atom. The van der Waals surface area contributed by atoms with Crippen LogP contribution in [0.3, 0.4) is 0 Å². The van der Waals surface area contributed by atoms with E-state index in [-0.39, 0.29) is 5.82 Å². The lowest BCUT2D eigenvalue weighted by atomic mass is 9.96. The first-order valence-corrected chi connectivity index (χ1v) is 6.17. The van der Waals surface area contributed by atoms with Gasteiger partial charge in [-0.1, -0.05) is 30.3 Å². The molecule has 0 spiro atoms. The fourth-order valence-corrected chi connectivity index (χ4v) is 2.27. The minimum absolute atomic E-state index is 0.232. The highest BCUT2D eigenvalue weighted by Gasteiger charge is 2.11. The van der Waals surface area contributed by atoms with Crippen molar-refractivity contribution in [1.82, 2.24) is 0 Å². The van der Waals surface area contributed by atoms with Crippen molar-refractivity contribution >= 4 is 15.9 Å². The molecule has 3 heteroatoms. The Kier molecular flexibility index (Phi) is 3.60. The molecular weight excluding hydrogens is 281 g/mol. The Bertz CT molecular complexity index is 552. The molecule has 0 radical (unpaired) electrons. The molecule has 2 N–H and O–H groups in total. The van der Waals surface area contributed by atoms with E-state index in [4.69, 9.17) is 5.73 Å². The van der Waals surface area contributed by atoms with Crippen LogP contribution in [0, 0.1) is 12.7 Å². The first-order valence-electron chi connectivity index (χ1n) is 5.38. The van der Waals surface area contributed by atoms with Gasteiger partial charge in [0.25, 0.3) is 0 Å². The van der Waals surface area contributed by atoms with E-state index in [0.29, 0.717) is 16.6 Å². The summed E-state index contributed by atoms with van der Waals surface area (Å²) in [6, 6.07) is 11.1. The number of halogens is 2. The van der Waals surface area contributed by atoms with E-state index >= 15 is 0 Å². The van der Waals surface area contributed by atoms with E-state index < -0.39 is 0 Å². The molecule has 0 fully saturated rings. The summed E-state index contributed by atoms with van der Waals surface area (Å²) in [4.78, 5) is 0. The van der Waals surface area contributed by atoms with Crippen molar-refractivity contribution in [3.63, 3.8) is 0 Å². The molecule has 0 heterocycles. The quantitative estimate of drug-likeness (QED) is 0.889. The standard InChI is InChI=1S/C14H13BrFN/c1-9-10(8-17)4-2-5-11(9)12-6-3-7-13(15)14(12)16/h2-7H,8,17H2,1H3. The first-order chi connectivity index (χ1) is 8.15. The third-order valence-electron chi connectivity index (χ3n) is 2.91. The Morgan fingerprint density at radius 3 is 2.47 bits per heavy atom. The minimum atomic E-state index is -0.232. The summed E-state index contributed by atoms with van der Waals surface area (Å²) in [6.45, 7) is 2.44. The van der Waals surface area contributed by atoms with Crippen molar-refractivity contribution in [1.29, 1.82) is 0 Å². The van der Waals surface area contributed by atoms with Gasteiger partial charge in [-0.15, -0.1) is 0 Å². The lowest BCUT2D eigenvalue weighted by Gasteiger charge is -2.11. The summed E-state index contributed by atoms with van der Waals surface area (Å²) in [6.07, 6.45) is 0. The molecule has 88 valence electrons. The first kappa shape index (κ1) is 12.3. The van der Waals surface area contributed by atoms with Crippen molar-refractivity contribution in [3.8, 4) is 11.1 Å². The molecule has 0 unspecified atom stereocenters. The van der Waals surface area contributed by atoms with E-state index in [1.54, 1.807) is 12.1 Å². The molecule has 2 aromatic carbocycles. The Balaban J connectivity index is 2.65. The normalized spacial score (nSPS) is 10.6. The topological polar surface area (TPSA) is 26.0 Å². The van der Waals surface area contributed by atoms with Crippen molar-refractivity contribution in [2.45, 2.75) is 13.5 Å². The van der Waals surface area contributed by atoms with Gasteiger partial charge in [0.15, 0.2) is 0 Å². The van der Waals surface area contributed by atoms with Gasteiger partial charge >= 0.3 is 0 Å². The summed E-state index contributed by atoms with van der Waals surface area (Å²) >= 11 is 3.20. The summed E-state index contributed by atoms with van der Waals surface area (Å²) in [5, 5.41) is 0. The summed E-state index contributed by atoms with van der Waals surface area (Å²) in [5.41, 5.74) is 9.24. The summed E-state index contributed by atoms with van der Waals surface area (Å²) in [5.74, 6) is -0.232. The molecule has 17 heavy (non-hydrogen) atoms. The van der Waals surface area contributed by atoms with Crippen LogP contribution in [-0.4, -0.2) is 0 Å². The van der Waals surface area contributed by atoms with Gasteiger partial charge in [-0.05, 0) is 45.6 Å². The van der Waals surface area contributed by atoms with E-state index in [1.807, 2.05) is 31.2 Å². The maximum Gasteiger partial charge on any atom is 0.145 e. The molecule has 0 aliphatic carbocycles. The molecule has 0 saturated carbocycles. The fraction of sp³-hybridized carbons (Fsp3) is 0.143. The zero-order chi connectivity index (χ0) is 12.4. The maximum absolute atomic E-state index is 14.0. The lowest BCUT2D eigenvalue weighted by Crippen LogP contribution is -2.00. The number of benzene rings is 2. The van der Waals surface area contributed by atoms with Gasteiger partial charge in [0.1, 0.15) is 5.82 Å². The predicted molar refractivity (Wildman–Crippen MR) is 72.2 cm³/mol. The molecule has 0 amide bonds. The van der Waals surface area contributed by atoms with Crippen molar-refractivity contribution in [2.75, 3.05) is 0 Å². The molecule has 0 saturated heterocycles. The minimum Gasteiger partial charge on any atom is -0.326 e. The van der Waals surface area contributed by atoms with Gasteiger partial charge in [0, 0.05) is 12.1 Å². The molecule has 2 aromatic rings. The number of hydrogen-bond acceptors (Lipinski definition) is 1. The second-order valence-electron chi connectivity index (χ2n) is 3.90. The van der Waals surface area contributed by atoms with Crippen LogP contribution < -0.4 is 5.73 Å².